The first-order chi connectivity index (χ1) is 7.22. The summed E-state index contributed by atoms with van der Waals surface area (Å²) in [6, 6.07) is 0. The quantitative estimate of drug-likeness (QED) is 0.719. The monoisotopic (exact) mass is 224 g/mol. The number of methoxy groups -OCH3 is 1. The Morgan fingerprint density at radius 2 is 1.81 bits per heavy atom. The lowest BCUT2D eigenvalue weighted by atomic mass is 9.43. The van der Waals surface area contributed by atoms with Crippen molar-refractivity contribution in [3.05, 3.63) is 0 Å². The minimum atomic E-state index is -0.509. The number of rotatable bonds is 2. The van der Waals surface area contributed by atoms with Crippen molar-refractivity contribution in [2.45, 2.75) is 34.1 Å². The Labute approximate surface area is 96.5 Å². The minimum absolute atomic E-state index is 0.151. The largest absolute Gasteiger partial charge is 0.384 e. The zero-order valence-corrected chi connectivity index (χ0v) is 10.7. The third-order valence-electron chi connectivity index (χ3n) is 4.99. The second-order valence-corrected chi connectivity index (χ2v) is 6.33. The Morgan fingerprint density at radius 1 is 1.25 bits per heavy atom. The molecular weight excluding hydrogens is 204 g/mol. The third-order valence-corrected chi connectivity index (χ3v) is 4.99. The van der Waals surface area contributed by atoms with Crippen LogP contribution in [0, 0.1) is 22.2 Å². The fraction of sp³-hybridized carbons (Fsp3) is 0.846. The highest BCUT2D eigenvalue weighted by atomic mass is 16.5. The van der Waals surface area contributed by atoms with Gasteiger partial charge in [0.15, 0.2) is 0 Å². The van der Waals surface area contributed by atoms with Crippen LogP contribution in [-0.2, 0) is 14.3 Å². The Bertz CT molecular complexity index is 367. The average molecular weight is 224 g/mol. The molecule has 2 fully saturated rings. The minimum Gasteiger partial charge on any atom is -0.384 e. The number of ether oxygens (including phenoxy) is 1. The molecule has 2 saturated carbocycles. The maximum Gasteiger partial charge on any atom is 0.143 e. The second-order valence-electron chi connectivity index (χ2n) is 6.33. The van der Waals surface area contributed by atoms with Crippen LogP contribution in [0.1, 0.15) is 34.1 Å². The summed E-state index contributed by atoms with van der Waals surface area (Å²) in [6.07, 6.45) is 0.483. The predicted octanol–water partition coefficient (Wildman–Crippen LogP) is 1.84. The lowest BCUT2D eigenvalue weighted by Gasteiger charge is -2.58. The van der Waals surface area contributed by atoms with E-state index >= 15 is 0 Å². The fourth-order valence-corrected chi connectivity index (χ4v) is 3.73. The molecule has 0 radical (unpaired) electrons. The van der Waals surface area contributed by atoms with Crippen LogP contribution in [0.5, 0.6) is 0 Å². The predicted molar refractivity (Wildman–Crippen MR) is 60.0 cm³/mol. The van der Waals surface area contributed by atoms with Gasteiger partial charge in [-0.05, 0) is 0 Å². The zero-order chi connectivity index (χ0) is 12.4. The van der Waals surface area contributed by atoms with Crippen LogP contribution < -0.4 is 0 Å². The molecule has 0 heterocycles. The molecular formula is C13H20O3. The number of ketones is 2. The Balaban J connectivity index is 2.48. The number of Topliss-reactive ketones (excluding diaryl/α,β-unsaturated/α-hetero) is 2. The summed E-state index contributed by atoms with van der Waals surface area (Å²) < 4.78 is 5.27. The normalized spacial score (nSPS) is 39.4. The molecule has 3 heteroatoms. The van der Waals surface area contributed by atoms with Gasteiger partial charge in [0.05, 0.1) is 6.61 Å². The van der Waals surface area contributed by atoms with E-state index in [4.69, 9.17) is 4.74 Å². The molecule has 3 nitrogen and oxygen atoms in total. The summed E-state index contributed by atoms with van der Waals surface area (Å²) >= 11 is 0. The van der Waals surface area contributed by atoms with Crippen LogP contribution in [0.3, 0.4) is 0 Å². The summed E-state index contributed by atoms with van der Waals surface area (Å²) in [5.41, 5.74) is -1.19. The van der Waals surface area contributed by atoms with Gasteiger partial charge in [0, 0.05) is 35.7 Å². The highest BCUT2D eigenvalue weighted by Gasteiger charge is 2.76. The average Bonchev–Trinajstić information content (AvgIpc) is 2.34. The second kappa shape index (κ2) is 2.95. The van der Waals surface area contributed by atoms with Crippen molar-refractivity contribution in [1.29, 1.82) is 0 Å². The van der Waals surface area contributed by atoms with E-state index < -0.39 is 10.8 Å². The first kappa shape index (κ1) is 11.8. The van der Waals surface area contributed by atoms with E-state index in [-0.39, 0.29) is 22.9 Å². The number of hydrogen-bond donors (Lipinski definition) is 0. The zero-order valence-electron chi connectivity index (χ0n) is 10.7. The summed E-state index contributed by atoms with van der Waals surface area (Å²) in [4.78, 5) is 24.3. The molecule has 2 atom stereocenters. The van der Waals surface area contributed by atoms with Gasteiger partial charge < -0.3 is 4.74 Å². The van der Waals surface area contributed by atoms with Gasteiger partial charge in [-0.3, -0.25) is 9.59 Å². The van der Waals surface area contributed by atoms with Crippen LogP contribution in [0.2, 0.25) is 0 Å². The molecule has 0 N–H and O–H groups in total. The van der Waals surface area contributed by atoms with Crippen LogP contribution in [-0.4, -0.2) is 25.3 Å². The van der Waals surface area contributed by atoms with Crippen LogP contribution in [0.25, 0.3) is 0 Å². The van der Waals surface area contributed by atoms with E-state index in [1.54, 1.807) is 7.11 Å². The van der Waals surface area contributed by atoms with E-state index in [0.29, 0.717) is 13.0 Å². The number of carbonyl (C=O) groups excluding carboxylic acids is 2. The van der Waals surface area contributed by atoms with Gasteiger partial charge in [-0.2, -0.15) is 0 Å². The van der Waals surface area contributed by atoms with Gasteiger partial charge in [0.2, 0.25) is 0 Å². The van der Waals surface area contributed by atoms with Crippen molar-refractivity contribution in [2.75, 3.05) is 13.7 Å². The van der Waals surface area contributed by atoms with Gasteiger partial charge in [0.25, 0.3) is 0 Å². The van der Waals surface area contributed by atoms with Crippen molar-refractivity contribution >= 4 is 11.6 Å². The standard InChI is InChI=1S/C13H20O3/c1-11(2)8(14)6-13(7-16-5)9(11)10(15)12(13,3)4/h9H,6-7H2,1-5H3/t9-,13-/m0/s1. The SMILES string of the molecule is COC[C@@]12CC(=O)C(C)(C)[C@@H]1C(=O)C2(C)C. The molecule has 0 aliphatic heterocycles. The molecule has 90 valence electrons. The molecule has 0 aromatic heterocycles. The number of fused-ring (bicyclic) bond motifs is 1. The lowest BCUT2D eigenvalue weighted by Crippen LogP contribution is -2.65. The molecule has 0 bridgehead atoms. The first-order valence-corrected chi connectivity index (χ1v) is 5.78. The highest BCUT2D eigenvalue weighted by Crippen LogP contribution is 2.69. The Hall–Kier alpha value is -0.700. The summed E-state index contributed by atoms with van der Waals surface area (Å²) in [6.45, 7) is 8.18. The van der Waals surface area contributed by atoms with Gasteiger partial charge in [-0.15, -0.1) is 0 Å². The molecule has 0 aromatic rings. The Morgan fingerprint density at radius 3 is 2.31 bits per heavy atom. The van der Waals surface area contributed by atoms with E-state index in [1.807, 2.05) is 27.7 Å². The molecule has 0 amide bonds. The van der Waals surface area contributed by atoms with E-state index in [0.717, 1.165) is 0 Å². The molecule has 16 heavy (non-hydrogen) atoms. The topological polar surface area (TPSA) is 43.4 Å². The van der Waals surface area contributed by atoms with Crippen molar-refractivity contribution in [1.82, 2.24) is 0 Å². The smallest absolute Gasteiger partial charge is 0.143 e. The number of carbonyl (C=O) groups is 2. The van der Waals surface area contributed by atoms with Crippen LogP contribution in [0.4, 0.5) is 0 Å². The van der Waals surface area contributed by atoms with Crippen LogP contribution >= 0.6 is 0 Å². The maximum absolute atomic E-state index is 12.2. The first-order valence-electron chi connectivity index (χ1n) is 5.78. The molecule has 0 saturated heterocycles. The Kier molecular flexibility index (Phi) is 2.17. The third kappa shape index (κ3) is 0.981. The van der Waals surface area contributed by atoms with Gasteiger partial charge in [-0.25, -0.2) is 0 Å². The molecule has 0 unspecified atom stereocenters. The summed E-state index contributed by atoms with van der Waals surface area (Å²) in [7, 11) is 1.64. The highest BCUT2D eigenvalue weighted by molar-refractivity contribution is 6.05. The van der Waals surface area contributed by atoms with Gasteiger partial charge in [0.1, 0.15) is 11.6 Å². The van der Waals surface area contributed by atoms with Crippen molar-refractivity contribution in [2.24, 2.45) is 22.2 Å². The summed E-state index contributed by atoms with van der Waals surface area (Å²) in [5.74, 6) is 0.274. The van der Waals surface area contributed by atoms with Crippen molar-refractivity contribution < 1.29 is 14.3 Å². The molecule has 2 aliphatic carbocycles. The molecule has 0 aromatic carbocycles. The van der Waals surface area contributed by atoms with E-state index in [2.05, 4.69) is 0 Å². The van der Waals surface area contributed by atoms with E-state index in [9.17, 15) is 9.59 Å². The molecule has 2 aliphatic rings. The van der Waals surface area contributed by atoms with Gasteiger partial charge >= 0.3 is 0 Å². The van der Waals surface area contributed by atoms with E-state index in [1.165, 1.54) is 0 Å². The molecule has 2 rings (SSSR count). The summed E-state index contributed by atoms with van der Waals surface area (Å²) in [5, 5.41) is 0. The van der Waals surface area contributed by atoms with Crippen molar-refractivity contribution in [3.63, 3.8) is 0 Å². The lowest BCUT2D eigenvalue weighted by molar-refractivity contribution is -0.185. The maximum atomic E-state index is 12.2. The van der Waals surface area contributed by atoms with Gasteiger partial charge in [-0.1, -0.05) is 27.7 Å². The van der Waals surface area contributed by atoms with Crippen LogP contribution in [0.15, 0.2) is 0 Å². The fourth-order valence-electron chi connectivity index (χ4n) is 3.73. The molecule has 0 spiro atoms. The number of hydrogen-bond acceptors (Lipinski definition) is 3. The van der Waals surface area contributed by atoms with Crippen molar-refractivity contribution in [3.8, 4) is 0 Å².